The quantitative estimate of drug-likeness (QED) is 0.909. The standard InChI is InChI=1S/C11H8Cl2N2O3/c12-7-3-1-6(2-4-7)9-10(13)14-11(18)15(9)5-8(16)17/h1-4H,5H2,(H,14,18)(H,16,17). The van der Waals surface area contributed by atoms with Gasteiger partial charge in [-0.25, -0.2) is 4.79 Å². The number of hydrogen-bond donors (Lipinski definition) is 2. The molecule has 2 N–H and O–H groups in total. The molecule has 0 radical (unpaired) electrons. The van der Waals surface area contributed by atoms with Crippen LogP contribution in [0.4, 0.5) is 0 Å². The Morgan fingerprint density at radius 2 is 1.89 bits per heavy atom. The summed E-state index contributed by atoms with van der Waals surface area (Å²) in [5.41, 5.74) is 0.386. The van der Waals surface area contributed by atoms with Gasteiger partial charge in [0.05, 0.1) is 5.69 Å². The topological polar surface area (TPSA) is 75.1 Å². The second-order valence-electron chi connectivity index (χ2n) is 3.58. The Kier molecular flexibility index (Phi) is 3.45. The number of aliphatic carboxylic acids is 1. The van der Waals surface area contributed by atoms with Gasteiger partial charge in [-0.2, -0.15) is 0 Å². The third kappa shape index (κ3) is 2.42. The van der Waals surface area contributed by atoms with Gasteiger partial charge in [0, 0.05) is 10.6 Å². The van der Waals surface area contributed by atoms with Crippen molar-refractivity contribution >= 4 is 29.2 Å². The minimum Gasteiger partial charge on any atom is -0.480 e. The third-order valence-electron chi connectivity index (χ3n) is 2.35. The molecule has 0 aliphatic carbocycles. The third-order valence-corrected chi connectivity index (χ3v) is 2.88. The molecule has 1 aromatic carbocycles. The van der Waals surface area contributed by atoms with E-state index in [1.165, 1.54) is 0 Å². The Morgan fingerprint density at radius 1 is 1.28 bits per heavy atom. The molecule has 0 atom stereocenters. The zero-order chi connectivity index (χ0) is 13.3. The van der Waals surface area contributed by atoms with E-state index in [-0.39, 0.29) is 5.15 Å². The summed E-state index contributed by atoms with van der Waals surface area (Å²) in [6.07, 6.45) is 0. The number of halogens is 2. The molecule has 0 saturated carbocycles. The molecule has 0 aliphatic rings. The maximum Gasteiger partial charge on any atom is 0.327 e. The largest absolute Gasteiger partial charge is 0.480 e. The first kappa shape index (κ1) is 12.7. The maximum atomic E-state index is 11.6. The van der Waals surface area contributed by atoms with Crippen molar-refractivity contribution in [3.63, 3.8) is 0 Å². The summed E-state index contributed by atoms with van der Waals surface area (Å²) in [6, 6.07) is 6.59. The van der Waals surface area contributed by atoms with Gasteiger partial charge in [0.15, 0.2) is 0 Å². The van der Waals surface area contributed by atoms with Crippen LogP contribution in [0, 0.1) is 0 Å². The highest BCUT2D eigenvalue weighted by Crippen LogP contribution is 2.26. The molecular formula is C11H8Cl2N2O3. The summed E-state index contributed by atoms with van der Waals surface area (Å²) < 4.78 is 1.06. The average molecular weight is 287 g/mol. The molecule has 94 valence electrons. The van der Waals surface area contributed by atoms with Gasteiger partial charge in [0.25, 0.3) is 0 Å². The van der Waals surface area contributed by atoms with Gasteiger partial charge in [0.1, 0.15) is 11.7 Å². The van der Waals surface area contributed by atoms with Crippen molar-refractivity contribution in [1.82, 2.24) is 9.55 Å². The number of carbonyl (C=O) groups is 1. The van der Waals surface area contributed by atoms with Crippen LogP contribution in [-0.4, -0.2) is 20.6 Å². The Balaban J connectivity index is 2.59. The van der Waals surface area contributed by atoms with Crippen LogP contribution < -0.4 is 5.69 Å². The second kappa shape index (κ2) is 4.88. The van der Waals surface area contributed by atoms with Crippen LogP contribution in [-0.2, 0) is 11.3 Å². The van der Waals surface area contributed by atoms with Crippen molar-refractivity contribution in [2.24, 2.45) is 0 Å². The number of rotatable bonds is 3. The number of nitrogens with zero attached hydrogens (tertiary/aromatic N) is 1. The first-order valence-electron chi connectivity index (χ1n) is 4.95. The molecule has 1 heterocycles. The summed E-state index contributed by atoms with van der Waals surface area (Å²) >= 11 is 11.7. The fourth-order valence-electron chi connectivity index (χ4n) is 1.62. The summed E-state index contributed by atoms with van der Waals surface area (Å²) in [7, 11) is 0. The fourth-order valence-corrected chi connectivity index (χ4v) is 2.03. The van der Waals surface area contributed by atoms with E-state index in [4.69, 9.17) is 28.3 Å². The van der Waals surface area contributed by atoms with Crippen LogP contribution in [0.15, 0.2) is 29.1 Å². The first-order chi connectivity index (χ1) is 8.49. The van der Waals surface area contributed by atoms with Crippen LogP contribution in [0.1, 0.15) is 0 Å². The lowest BCUT2D eigenvalue weighted by Gasteiger charge is -2.05. The van der Waals surface area contributed by atoms with Gasteiger partial charge in [-0.3, -0.25) is 14.3 Å². The average Bonchev–Trinajstić information content (AvgIpc) is 2.55. The summed E-state index contributed by atoms with van der Waals surface area (Å²) in [5.74, 6) is -1.12. The number of carboxylic acids is 1. The van der Waals surface area contributed by atoms with Crippen LogP contribution >= 0.6 is 23.2 Å². The molecule has 7 heteroatoms. The highest BCUT2D eigenvalue weighted by Gasteiger charge is 2.16. The molecule has 5 nitrogen and oxygen atoms in total. The number of benzene rings is 1. The van der Waals surface area contributed by atoms with Crippen molar-refractivity contribution in [3.05, 3.63) is 44.9 Å². The monoisotopic (exact) mass is 286 g/mol. The Labute approximate surface area is 112 Å². The number of hydrogen-bond acceptors (Lipinski definition) is 2. The summed E-state index contributed by atoms with van der Waals surface area (Å²) in [6.45, 7) is -0.458. The highest BCUT2D eigenvalue weighted by molar-refractivity contribution is 6.32. The van der Waals surface area contributed by atoms with Crippen molar-refractivity contribution in [1.29, 1.82) is 0 Å². The highest BCUT2D eigenvalue weighted by atomic mass is 35.5. The molecular weight excluding hydrogens is 279 g/mol. The first-order valence-corrected chi connectivity index (χ1v) is 5.70. The van der Waals surface area contributed by atoms with Gasteiger partial charge < -0.3 is 5.11 Å². The molecule has 0 bridgehead atoms. The number of H-pyrrole nitrogens is 1. The molecule has 2 rings (SSSR count). The van der Waals surface area contributed by atoms with Crippen LogP contribution in [0.3, 0.4) is 0 Å². The van der Waals surface area contributed by atoms with E-state index in [9.17, 15) is 9.59 Å². The molecule has 0 unspecified atom stereocenters. The number of aromatic amines is 1. The number of carboxylic acid groups (broad SMARTS) is 1. The maximum absolute atomic E-state index is 11.6. The predicted octanol–water partition coefficient (Wildman–Crippen LogP) is 2.23. The Bertz CT molecular complexity index is 643. The second-order valence-corrected chi connectivity index (χ2v) is 4.39. The van der Waals surface area contributed by atoms with E-state index in [1.807, 2.05) is 0 Å². The van der Waals surface area contributed by atoms with Gasteiger partial charge in [-0.1, -0.05) is 35.3 Å². The van der Waals surface area contributed by atoms with Crippen molar-refractivity contribution in [3.8, 4) is 11.3 Å². The smallest absolute Gasteiger partial charge is 0.327 e. The van der Waals surface area contributed by atoms with Crippen LogP contribution in [0.5, 0.6) is 0 Å². The van der Waals surface area contributed by atoms with E-state index < -0.39 is 18.2 Å². The normalized spacial score (nSPS) is 10.6. The van der Waals surface area contributed by atoms with Crippen molar-refractivity contribution in [2.75, 3.05) is 0 Å². The summed E-state index contributed by atoms with van der Waals surface area (Å²) in [5, 5.41) is 9.42. The predicted molar refractivity (Wildman–Crippen MR) is 68.1 cm³/mol. The lowest BCUT2D eigenvalue weighted by molar-refractivity contribution is -0.137. The zero-order valence-corrected chi connectivity index (χ0v) is 10.5. The minimum atomic E-state index is -1.12. The Morgan fingerprint density at radius 3 is 2.44 bits per heavy atom. The summed E-state index contributed by atoms with van der Waals surface area (Å²) in [4.78, 5) is 24.7. The molecule has 2 aromatic rings. The SMILES string of the molecule is O=C(O)Cn1c(-c2ccc(Cl)cc2)c(Cl)[nH]c1=O. The van der Waals surface area contributed by atoms with Crippen molar-refractivity contribution < 1.29 is 9.90 Å². The molecule has 0 aliphatic heterocycles. The zero-order valence-electron chi connectivity index (χ0n) is 8.98. The number of aromatic nitrogens is 2. The van der Waals surface area contributed by atoms with Gasteiger partial charge in [-0.05, 0) is 12.1 Å². The number of nitrogens with one attached hydrogen (secondary N) is 1. The van der Waals surface area contributed by atoms with E-state index in [0.717, 1.165) is 4.57 Å². The fraction of sp³-hybridized carbons (Fsp3) is 0.0909. The van der Waals surface area contributed by atoms with E-state index in [1.54, 1.807) is 24.3 Å². The molecule has 1 aromatic heterocycles. The molecule has 0 saturated heterocycles. The van der Waals surface area contributed by atoms with Gasteiger partial charge in [0.2, 0.25) is 0 Å². The van der Waals surface area contributed by atoms with Crippen LogP contribution in [0.2, 0.25) is 10.2 Å². The van der Waals surface area contributed by atoms with Crippen LogP contribution in [0.25, 0.3) is 11.3 Å². The van der Waals surface area contributed by atoms with Gasteiger partial charge >= 0.3 is 11.7 Å². The molecule has 18 heavy (non-hydrogen) atoms. The Hall–Kier alpha value is -1.72. The van der Waals surface area contributed by atoms with Gasteiger partial charge in [-0.15, -0.1) is 0 Å². The van der Waals surface area contributed by atoms with E-state index in [0.29, 0.717) is 16.3 Å². The van der Waals surface area contributed by atoms with E-state index >= 15 is 0 Å². The molecule has 0 spiro atoms. The number of imidazole rings is 1. The minimum absolute atomic E-state index is 0.101. The van der Waals surface area contributed by atoms with E-state index in [2.05, 4.69) is 4.98 Å². The molecule has 0 amide bonds. The molecule has 0 fully saturated rings. The lowest BCUT2D eigenvalue weighted by Crippen LogP contribution is -2.22. The van der Waals surface area contributed by atoms with Crippen molar-refractivity contribution in [2.45, 2.75) is 6.54 Å². The lowest BCUT2D eigenvalue weighted by atomic mass is 10.1.